The Bertz CT molecular complexity index is 378. The molecule has 1 unspecified atom stereocenters. The first-order valence-electron chi connectivity index (χ1n) is 6.86. The molecule has 1 aromatic carbocycles. The molecule has 1 rings (SSSR count). The number of halogens is 1. The molecule has 2 N–H and O–H groups in total. The number of rotatable bonds is 8. The SMILES string of the molecule is CCCC(C)NC(=O)CNCCc1ccc(Cl)cc1. The Kier molecular flexibility index (Phi) is 7.53. The maximum atomic E-state index is 11.6. The molecular formula is C15H23ClN2O. The van der Waals surface area contributed by atoms with Crippen LogP contribution in [0.2, 0.25) is 5.02 Å². The molecule has 0 radical (unpaired) electrons. The third-order valence-corrected chi connectivity index (χ3v) is 3.17. The smallest absolute Gasteiger partial charge is 0.234 e. The Balaban J connectivity index is 2.13. The number of nitrogens with one attached hydrogen (secondary N) is 2. The molecule has 4 heteroatoms. The van der Waals surface area contributed by atoms with E-state index in [-0.39, 0.29) is 11.9 Å². The van der Waals surface area contributed by atoms with E-state index < -0.39 is 0 Å². The van der Waals surface area contributed by atoms with Crippen LogP contribution in [0.3, 0.4) is 0 Å². The number of hydrogen-bond acceptors (Lipinski definition) is 2. The van der Waals surface area contributed by atoms with Crippen molar-refractivity contribution in [3.8, 4) is 0 Å². The summed E-state index contributed by atoms with van der Waals surface area (Å²) in [5.41, 5.74) is 1.22. The van der Waals surface area contributed by atoms with Crippen LogP contribution in [0.4, 0.5) is 0 Å². The highest BCUT2D eigenvalue weighted by Gasteiger charge is 2.05. The normalized spacial score (nSPS) is 12.2. The van der Waals surface area contributed by atoms with E-state index in [0.29, 0.717) is 6.54 Å². The average molecular weight is 283 g/mol. The predicted molar refractivity (Wildman–Crippen MR) is 80.5 cm³/mol. The van der Waals surface area contributed by atoms with Crippen molar-refractivity contribution in [3.05, 3.63) is 34.9 Å². The van der Waals surface area contributed by atoms with Crippen molar-refractivity contribution < 1.29 is 4.79 Å². The maximum absolute atomic E-state index is 11.6. The van der Waals surface area contributed by atoms with Crippen molar-refractivity contribution in [2.24, 2.45) is 0 Å². The minimum Gasteiger partial charge on any atom is -0.353 e. The van der Waals surface area contributed by atoms with Gasteiger partial charge < -0.3 is 10.6 Å². The number of carbonyl (C=O) groups excluding carboxylic acids is 1. The Labute approximate surface area is 120 Å². The molecule has 0 saturated carbocycles. The minimum absolute atomic E-state index is 0.0667. The summed E-state index contributed by atoms with van der Waals surface area (Å²) in [4.78, 5) is 11.6. The summed E-state index contributed by atoms with van der Waals surface area (Å²) in [5, 5.41) is 6.87. The summed E-state index contributed by atoms with van der Waals surface area (Å²) in [6.07, 6.45) is 3.01. The van der Waals surface area contributed by atoms with E-state index in [0.717, 1.165) is 30.8 Å². The Morgan fingerprint density at radius 3 is 2.63 bits per heavy atom. The Hall–Kier alpha value is -1.06. The van der Waals surface area contributed by atoms with E-state index in [2.05, 4.69) is 17.6 Å². The van der Waals surface area contributed by atoms with Gasteiger partial charge in [-0.25, -0.2) is 0 Å². The molecule has 0 aliphatic rings. The molecule has 19 heavy (non-hydrogen) atoms. The van der Waals surface area contributed by atoms with Crippen LogP contribution in [-0.4, -0.2) is 25.0 Å². The van der Waals surface area contributed by atoms with Crippen LogP contribution in [-0.2, 0) is 11.2 Å². The molecule has 0 aliphatic carbocycles. The third kappa shape index (κ3) is 7.19. The summed E-state index contributed by atoms with van der Waals surface area (Å²) in [7, 11) is 0. The van der Waals surface area contributed by atoms with Crippen molar-refractivity contribution in [1.29, 1.82) is 0 Å². The lowest BCUT2D eigenvalue weighted by Gasteiger charge is -2.13. The maximum Gasteiger partial charge on any atom is 0.234 e. The zero-order valence-corrected chi connectivity index (χ0v) is 12.5. The van der Waals surface area contributed by atoms with Crippen LogP contribution in [0.15, 0.2) is 24.3 Å². The highest BCUT2D eigenvalue weighted by Crippen LogP contribution is 2.09. The van der Waals surface area contributed by atoms with Crippen molar-refractivity contribution in [1.82, 2.24) is 10.6 Å². The quantitative estimate of drug-likeness (QED) is 0.720. The van der Waals surface area contributed by atoms with Crippen LogP contribution in [0.25, 0.3) is 0 Å². The zero-order valence-electron chi connectivity index (χ0n) is 11.7. The molecule has 0 fully saturated rings. The van der Waals surface area contributed by atoms with Crippen LogP contribution >= 0.6 is 11.6 Å². The van der Waals surface area contributed by atoms with Crippen molar-refractivity contribution in [2.75, 3.05) is 13.1 Å². The standard InChI is InChI=1S/C15H23ClN2O/c1-3-4-12(2)18-15(19)11-17-10-9-13-5-7-14(16)8-6-13/h5-8,12,17H,3-4,9-11H2,1-2H3,(H,18,19). The predicted octanol–water partition coefficient (Wildman–Crippen LogP) is 2.78. The number of carbonyl (C=O) groups is 1. The van der Waals surface area contributed by atoms with E-state index in [1.165, 1.54) is 5.56 Å². The Morgan fingerprint density at radius 1 is 1.32 bits per heavy atom. The summed E-state index contributed by atoms with van der Waals surface area (Å²) in [6.45, 7) is 5.32. The highest BCUT2D eigenvalue weighted by molar-refractivity contribution is 6.30. The second kappa shape index (κ2) is 8.94. The molecule has 0 heterocycles. The fourth-order valence-corrected chi connectivity index (χ4v) is 2.04. The lowest BCUT2D eigenvalue weighted by atomic mass is 10.1. The van der Waals surface area contributed by atoms with Gasteiger partial charge >= 0.3 is 0 Å². The van der Waals surface area contributed by atoms with Crippen molar-refractivity contribution in [2.45, 2.75) is 39.2 Å². The van der Waals surface area contributed by atoms with Gasteiger partial charge in [0.2, 0.25) is 5.91 Å². The fourth-order valence-electron chi connectivity index (χ4n) is 1.92. The third-order valence-electron chi connectivity index (χ3n) is 2.92. The van der Waals surface area contributed by atoms with Gasteiger partial charge in [0.15, 0.2) is 0 Å². The van der Waals surface area contributed by atoms with E-state index >= 15 is 0 Å². The molecule has 106 valence electrons. The van der Waals surface area contributed by atoms with Gasteiger partial charge in [-0.05, 0) is 44.0 Å². The average Bonchev–Trinajstić information content (AvgIpc) is 2.37. The topological polar surface area (TPSA) is 41.1 Å². The Morgan fingerprint density at radius 2 is 2.00 bits per heavy atom. The molecule has 1 atom stereocenters. The lowest BCUT2D eigenvalue weighted by molar-refractivity contribution is -0.120. The van der Waals surface area contributed by atoms with Crippen LogP contribution < -0.4 is 10.6 Å². The summed E-state index contributed by atoms with van der Waals surface area (Å²) < 4.78 is 0. The van der Waals surface area contributed by atoms with Gasteiger partial charge in [-0.15, -0.1) is 0 Å². The summed E-state index contributed by atoms with van der Waals surface area (Å²) in [6, 6.07) is 8.04. The molecule has 0 aliphatic heterocycles. The number of benzene rings is 1. The summed E-state index contributed by atoms with van der Waals surface area (Å²) in [5.74, 6) is 0.0667. The first kappa shape index (κ1) is 16.0. The lowest BCUT2D eigenvalue weighted by Crippen LogP contribution is -2.39. The molecule has 0 saturated heterocycles. The van der Waals surface area contributed by atoms with Gasteiger partial charge in [0, 0.05) is 11.1 Å². The molecule has 3 nitrogen and oxygen atoms in total. The first-order valence-corrected chi connectivity index (χ1v) is 7.24. The fraction of sp³-hybridized carbons (Fsp3) is 0.533. The monoisotopic (exact) mass is 282 g/mol. The molecule has 1 aromatic rings. The summed E-state index contributed by atoms with van der Waals surface area (Å²) >= 11 is 5.82. The molecule has 1 amide bonds. The van der Waals surface area contributed by atoms with Crippen LogP contribution in [0.5, 0.6) is 0 Å². The van der Waals surface area contributed by atoms with Crippen molar-refractivity contribution >= 4 is 17.5 Å². The zero-order chi connectivity index (χ0) is 14.1. The second-order valence-corrected chi connectivity index (χ2v) is 5.25. The van der Waals surface area contributed by atoms with Gasteiger partial charge in [0.05, 0.1) is 6.54 Å². The second-order valence-electron chi connectivity index (χ2n) is 4.81. The number of hydrogen-bond donors (Lipinski definition) is 2. The highest BCUT2D eigenvalue weighted by atomic mass is 35.5. The van der Waals surface area contributed by atoms with Gasteiger partial charge in [-0.2, -0.15) is 0 Å². The molecule has 0 aromatic heterocycles. The van der Waals surface area contributed by atoms with Gasteiger partial charge in [-0.3, -0.25) is 4.79 Å². The van der Waals surface area contributed by atoms with E-state index in [9.17, 15) is 4.79 Å². The first-order chi connectivity index (χ1) is 9.11. The van der Waals surface area contributed by atoms with Gasteiger partial charge in [-0.1, -0.05) is 37.1 Å². The number of amides is 1. The van der Waals surface area contributed by atoms with E-state index in [4.69, 9.17) is 11.6 Å². The molecule has 0 spiro atoms. The van der Waals surface area contributed by atoms with Gasteiger partial charge in [0.1, 0.15) is 0 Å². The van der Waals surface area contributed by atoms with Crippen molar-refractivity contribution in [3.63, 3.8) is 0 Å². The molecule has 0 bridgehead atoms. The van der Waals surface area contributed by atoms with Gasteiger partial charge in [0.25, 0.3) is 0 Å². The van der Waals surface area contributed by atoms with E-state index in [1.807, 2.05) is 31.2 Å². The molecular weight excluding hydrogens is 260 g/mol. The minimum atomic E-state index is 0.0667. The van der Waals surface area contributed by atoms with Crippen LogP contribution in [0, 0.1) is 0 Å². The van der Waals surface area contributed by atoms with Crippen LogP contribution in [0.1, 0.15) is 32.3 Å². The largest absolute Gasteiger partial charge is 0.353 e. The van der Waals surface area contributed by atoms with E-state index in [1.54, 1.807) is 0 Å².